The minimum Gasteiger partial charge on any atom is -0.496 e. The van der Waals surface area contributed by atoms with Crippen LogP contribution in [0.25, 0.3) is 11.1 Å². The Balaban J connectivity index is 1.61. The van der Waals surface area contributed by atoms with E-state index in [1.807, 2.05) is 30.9 Å². The Morgan fingerprint density at radius 2 is 1.69 bits per heavy atom. The van der Waals surface area contributed by atoms with Gasteiger partial charge in [0.05, 0.1) is 32.4 Å². The van der Waals surface area contributed by atoms with Crippen LogP contribution in [-0.4, -0.2) is 79.8 Å². The number of hydrogen-bond donors (Lipinski definition) is 1. The molecule has 7 nitrogen and oxygen atoms in total. The quantitative estimate of drug-likeness (QED) is 0.672. The van der Waals surface area contributed by atoms with Crippen molar-refractivity contribution >= 4 is 0 Å². The molecule has 192 valence electrons. The minimum absolute atomic E-state index is 0.0352. The number of halogens is 2. The maximum absolute atomic E-state index is 15.2. The van der Waals surface area contributed by atoms with Gasteiger partial charge in [0.15, 0.2) is 0 Å². The summed E-state index contributed by atoms with van der Waals surface area (Å²) in [6, 6.07) is 3.08. The van der Waals surface area contributed by atoms with Crippen LogP contribution in [0, 0.1) is 13.8 Å². The Morgan fingerprint density at radius 1 is 1.06 bits per heavy atom. The van der Waals surface area contributed by atoms with Crippen LogP contribution in [0.2, 0.25) is 0 Å². The lowest BCUT2D eigenvalue weighted by atomic mass is 9.95. The average molecular weight is 491 g/mol. The molecule has 1 aromatic carbocycles. The molecule has 1 unspecified atom stereocenters. The van der Waals surface area contributed by atoms with Crippen molar-refractivity contribution in [1.82, 2.24) is 19.7 Å². The van der Waals surface area contributed by atoms with E-state index in [1.54, 1.807) is 36.9 Å². The summed E-state index contributed by atoms with van der Waals surface area (Å²) in [6.45, 7) is 7.16. The highest BCUT2D eigenvalue weighted by Gasteiger charge is 2.47. The minimum atomic E-state index is -2.79. The predicted molar refractivity (Wildman–Crippen MR) is 133 cm³/mol. The zero-order chi connectivity index (χ0) is 25.3. The summed E-state index contributed by atoms with van der Waals surface area (Å²) >= 11 is 0. The maximum Gasteiger partial charge on any atom is 0.275 e. The van der Waals surface area contributed by atoms with Gasteiger partial charge in [-0.25, -0.2) is 8.78 Å². The fourth-order valence-electron chi connectivity index (χ4n) is 5.36. The molecule has 2 saturated heterocycles. The van der Waals surface area contributed by atoms with E-state index in [0.717, 1.165) is 35.3 Å². The lowest BCUT2D eigenvalue weighted by Crippen LogP contribution is -2.61. The first-order valence-corrected chi connectivity index (χ1v) is 12.1. The fourth-order valence-corrected chi connectivity index (χ4v) is 5.36. The second kappa shape index (κ2) is 10.2. The van der Waals surface area contributed by atoms with Crippen LogP contribution in [0.1, 0.15) is 23.1 Å². The molecule has 0 amide bonds. The molecule has 0 radical (unpaired) electrons. The molecule has 0 saturated carbocycles. The third-order valence-corrected chi connectivity index (χ3v) is 7.46. The summed E-state index contributed by atoms with van der Waals surface area (Å²) in [5, 5.41) is 3.23. The van der Waals surface area contributed by atoms with Crippen molar-refractivity contribution < 1.29 is 18.3 Å². The molecule has 0 bridgehead atoms. The first kappa shape index (κ1) is 25.6. The van der Waals surface area contributed by atoms with Crippen molar-refractivity contribution in [3.05, 3.63) is 45.4 Å². The number of aromatic nitrogens is 1. The van der Waals surface area contributed by atoms with Gasteiger partial charge in [-0.1, -0.05) is 0 Å². The van der Waals surface area contributed by atoms with E-state index in [0.29, 0.717) is 49.7 Å². The van der Waals surface area contributed by atoms with Gasteiger partial charge < -0.3 is 19.4 Å². The molecule has 0 spiro atoms. The molecule has 4 rings (SSSR count). The molecule has 1 atom stereocenters. The van der Waals surface area contributed by atoms with Gasteiger partial charge in [0.1, 0.15) is 11.5 Å². The van der Waals surface area contributed by atoms with Gasteiger partial charge in [-0.2, -0.15) is 0 Å². The number of nitrogens with zero attached hydrogens (tertiary/aromatic N) is 3. The third kappa shape index (κ3) is 5.08. The van der Waals surface area contributed by atoms with Crippen molar-refractivity contribution in [3.63, 3.8) is 0 Å². The summed E-state index contributed by atoms with van der Waals surface area (Å²) in [7, 11) is 4.88. The number of ether oxygens (including phenoxy) is 2. The Hall–Kier alpha value is -2.49. The molecule has 9 heteroatoms. The van der Waals surface area contributed by atoms with E-state index in [2.05, 4.69) is 5.32 Å². The van der Waals surface area contributed by atoms with E-state index < -0.39 is 12.0 Å². The first-order valence-electron chi connectivity index (χ1n) is 12.1. The zero-order valence-corrected chi connectivity index (χ0v) is 21.3. The fraction of sp³-hybridized carbons (Fsp3) is 0.577. The van der Waals surface area contributed by atoms with Crippen LogP contribution in [0.5, 0.6) is 11.5 Å². The number of benzene rings is 1. The van der Waals surface area contributed by atoms with Crippen molar-refractivity contribution in [2.24, 2.45) is 7.05 Å². The number of nitrogens with one attached hydrogen (secondary N) is 1. The molecule has 3 heterocycles. The second-order valence-electron chi connectivity index (χ2n) is 9.63. The highest BCUT2D eigenvalue weighted by Crippen LogP contribution is 2.39. The van der Waals surface area contributed by atoms with E-state index >= 15 is 8.78 Å². The normalized spacial score (nSPS) is 21.2. The molecule has 2 fully saturated rings. The largest absolute Gasteiger partial charge is 0.496 e. The van der Waals surface area contributed by atoms with Crippen LogP contribution in [-0.2, 0) is 13.6 Å². The maximum atomic E-state index is 15.2. The van der Waals surface area contributed by atoms with E-state index in [-0.39, 0.29) is 12.1 Å². The Bertz CT molecular complexity index is 1100. The molecular weight excluding hydrogens is 454 g/mol. The van der Waals surface area contributed by atoms with Crippen molar-refractivity contribution in [1.29, 1.82) is 0 Å². The molecule has 1 N–H and O–H groups in total. The number of pyridine rings is 1. The van der Waals surface area contributed by atoms with Crippen LogP contribution in [0.15, 0.2) is 23.1 Å². The van der Waals surface area contributed by atoms with Crippen LogP contribution in [0.4, 0.5) is 8.78 Å². The molecule has 1 aromatic heterocycles. The highest BCUT2D eigenvalue weighted by molar-refractivity contribution is 5.72. The van der Waals surface area contributed by atoms with E-state index in [4.69, 9.17) is 9.47 Å². The highest BCUT2D eigenvalue weighted by atomic mass is 19.3. The van der Waals surface area contributed by atoms with Gasteiger partial charge in [-0.15, -0.1) is 0 Å². The summed E-state index contributed by atoms with van der Waals surface area (Å²) in [5.74, 6) is -1.63. The van der Waals surface area contributed by atoms with Crippen molar-refractivity contribution in [2.75, 3.05) is 53.5 Å². The van der Waals surface area contributed by atoms with Crippen LogP contribution >= 0.6 is 0 Å². The molecule has 2 aliphatic rings. The zero-order valence-electron chi connectivity index (χ0n) is 21.3. The van der Waals surface area contributed by atoms with Gasteiger partial charge >= 0.3 is 0 Å². The number of piperidine rings is 1. The van der Waals surface area contributed by atoms with Crippen molar-refractivity contribution in [2.45, 2.75) is 38.8 Å². The second-order valence-corrected chi connectivity index (χ2v) is 9.63. The Kier molecular flexibility index (Phi) is 7.49. The monoisotopic (exact) mass is 490 g/mol. The van der Waals surface area contributed by atoms with Gasteiger partial charge in [-0.05, 0) is 43.5 Å². The number of rotatable bonds is 6. The van der Waals surface area contributed by atoms with Crippen molar-refractivity contribution in [3.8, 4) is 22.6 Å². The molecule has 2 aliphatic heterocycles. The summed E-state index contributed by atoms with van der Waals surface area (Å²) in [6.07, 6.45) is 2.23. The summed E-state index contributed by atoms with van der Waals surface area (Å²) in [4.78, 5) is 16.0. The number of aryl methyl sites for hydroxylation is 1. The number of piperazine rings is 1. The van der Waals surface area contributed by atoms with Gasteiger partial charge in [0.2, 0.25) is 0 Å². The Morgan fingerprint density at radius 3 is 2.26 bits per heavy atom. The lowest BCUT2D eigenvalue weighted by Gasteiger charge is -2.45. The Labute approximate surface area is 205 Å². The number of likely N-dealkylation sites (tertiary alicyclic amines) is 1. The van der Waals surface area contributed by atoms with Crippen LogP contribution < -0.4 is 20.3 Å². The van der Waals surface area contributed by atoms with Gasteiger partial charge in [0.25, 0.3) is 11.5 Å². The molecule has 2 aromatic rings. The number of hydrogen-bond acceptors (Lipinski definition) is 6. The average Bonchev–Trinajstić information content (AvgIpc) is 2.85. The smallest absolute Gasteiger partial charge is 0.275 e. The molecule has 0 aliphatic carbocycles. The van der Waals surface area contributed by atoms with Gasteiger partial charge in [-0.3, -0.25) is 14.6 Å². The number of methoxy groups -OCH3 is 2. The number of alkyl halides is 2. The SMILES string of the molecule is COc1cc(-c2cn(C)c(=O)c(C)c2C)cc(OC)c1CN1CCC(N2CCNCC2)C(F)(F)C1. The predicted octanol–water partition coefficient (Wildman–Crippen LogP) is 2.80. The summed E-state index contributed by atoms with van der Waals surface area (Å²) < 4.78 is 43.4. The summed E-state index contributed by atoms with van der Waals surface area (Å²) in [5.41, 5.74) is 4.03. The third-order valence-electron chi connectivity index (χ3n) is 7.46. The van der Waals surface area contributed by atoms with Gasteiger partial charge in [0, 0.05) is 63.6 Å². The van der Waals surface area contributed by atoms with Crippen LogP contribution in [0.3, 0.4) is 0 Å². The van der Waals surface area contributed by atoms with E-state index in [1.165, 1.54) is 0 Å². The lowest BCUT2D eigenvalue weighted by molar-refractivity contribution is -0.130. The molecule has 35 heavy (non-hydrogen) atoms. The molecular formula is C26H36F2N4O3. The standard InChI is InChI=1S/C26H36F2N4O3/c1-17-18(2)25(33)30(3)14-20(17)19-12-22(34-4)21(23(13-19)35-5)15-31-9-6-24(26(27,28)16-31)32-10-7-29-8-11-32/h12-14,24,29H,6-11,15-16H2,1-5H3. The van der Waals surface area contributed by atoms with E-state index in [9.17, 15) is 4.79 Å². The first-order chi connectivity index (χ1) is 16.7. The topological polar surface area (TPSA) is 59.0 Å².